The molecule has 7 heteroatoms. The summed E-state index contributed by atoms with van der Waals surface area (Å²) in [6.07, 6.45) is 0. The van der Waals surface area contributed by atoms with Crippen molar-refractivity contribution in [3.05, 3.63) is 53.1 Å². The van der Waals surface area contributed by atoms with Gasteiger partial charge in [-0.25, -0.2) is 17.2 Å². The molecule has 3 N–H and O–H groups in total. The van der Waals surface area contributed by atoms with Crippen LogP contribution in [0.15, 0.2) is 35.2 Å². The largest absolute Gasteiger partial charge is 0.398 e. The highest BCUT2D eigenvalue weighted by atomic mass is 32.2. The Morgan fingerprint density at radius 3 is 2.19 bits per heavy atom. The topological polar surface area (TPSA) is 72.2 Å². The van der Waals surface area contributed by atoms with E-state index in [4.69, 9.17) is 5.73 Å². The smallest absolute Gasteiger partial charge is 0.264 e. The number of rotatable bonds is 3. The van der Waals surface area contributed by atoms with Gasteiger partial charge in [-0.15, -0.1) is 0 Å². The summed E-state index contributed by atoms with van der Waals surface area (Å²) in [6.45, 7) is 3.30. The molecule has 0 bridgehead atoms. The van der Waals surface area contributed by atoms with Crippen LogP contribution in [0.2, 0.25) is 0 Å². The van der Waals surface area contributed by atoms with Crippen LogP contribution in [-0.4, -0.2) is 8.42 Å². The van der Waals surface area contributed by atoms with Gasteiger partial charge >= 0.3 is 0 Å². The molecule has 0 aliphatic rings. The first kappa shape index (κ1) is 15.2. The molecule has 4 nitrogen and oxygen atoms in total. The number of benzene rings is 2. The average molecular weight is 312 g/mol. The van der Waals surface area contributed by atoms with Crippen LogP contribution in [0.5, 0.6) is 0 Å². The summed E-state index contributed by atoms with van der Waals surface area (Å²) in [6, 6.07) is 6.19. The second-order valence-corrected chi connectivity index (χ2v) is 6.25. The molecular formula is C14H14F2N2O2S. The molecule has 0 aliphatic carbocycles. The van der Waals surface area contributed by atoms with Crippen molar-refractivity contribution in [3.8, 4) is 0 Å². The molecule has 0 atom stereocenters. The molecule has 0 amide bonds. The zero-order chi connectivity index (χ0) is 15.8. The van der Waals surface area contributed by atoms with Gasteiger partial charge < -0.3 is 5.73 Å². The number of sulfonamides is 1. The molecule has 112 valence electrons. The second-order valence-electron chi connectivity index (χ2n) is 4.63. The highest BCUT2D eigenvalue weighted by molar-refractivity contribution is 7.93. The van der Waals surface area contributed by atoms with Gasteiger partial charge in [0.25, 0.3) is 10.0 Å². The third-order valence-corrected chi connectivity index (χ3v) is 4.73. The van der Waals surface area contributed by atoms with E-state index in [9.17, 15) is 17.2 Å². The number of anilines is 2. The van der Waals surface area contributed by atoms with Crippen LogP contribution in [0, 0.1) is 25.5 Å². The molecule has 0 aromatic heterocycles. The van der Waals surface area contributed by atoms with E-state index < -0.39 is 27.3 Å². The lowest BCUT2D eigenvalue weighted by Gasteiger charge is -2.15. The molecule has 2 aromatic carbocycles. The Hall–Kier alpha value is -2.15. The zero-order valence-corrected chi connectivity index (χ0v) is 12.3. The maximum absolute atomic E-state index is 13.6. The minimum Gasteiger partial charge on any atom is -0.398 e. The monoisotopic (exact) mass is 312 g/mol. The minimum atomic E-state index is -4.20. The van der Waals surface area contributed by atoms with Crippen molar-refractivity contribution in [2.75, 3.05) is 10.5 Å². The molecule has 0 unspecified atom stereocenters. The van der Waals surface area contributed by atoms with Crippen LogP contribution in [0.25, 0.3) is 0 Å². The number of hydrogen-bond acceptors (Lipinski definition) is 3. The first-order valence-corrected chi connectivity index (χ1v) is 7.55. The summed E-state index contributed by atoms with van der Waals surface area (Å²) in [7, 11) is -4.20. The number of hydrogen-bond donors (Lipinski definition) is 2. The Morgan fingerprint density at radius 2 is 1.62 bits per heavy atom. The van der Waals surface area contributed by atoms with Crippen LogP contribution in [0.4, 0.5) is 20.2 Å². The molecule has 0 heterocycles. The van der Waals surface area contributed by atoms with E-state index in [1.165, 1.54) is 6.07 Å². The lowest BCUT2D eigenvalue weighted by atomic mass is 10.1. The average Bonchev–Trinajstić information content (AvgIpc) is 2.39. The van der Waals surface area contributed by atoms with Gasteiger partial charge in [0.05, 0.1) is 5.69 Å². The molecule has 0 aliphatic heterocycles. The summed E-state index contributed by atoms with van der Waals surface area (Å²) in [5.74, 6) is -2.00. The Kier molecular flexibility index (Phi) is 3.87. The fraction of sp³-hybridized carbons (Fsp3) is 0.143. The van der Waals surface area contributed by atoms with E-state index in [1.54, 1.807) is 19.9 Å². The highest BCUT2D eigenvalue weighted by Gasteiger charge is 2.24. The molecule has 0 saturated heterocycles. The summed E-state index contributed by atoms with van der Waals surface area (Å²) >= 11 is 0. The second kappa shape index (κ2) is 5.33. The third kappa shape index (κ3) is 2.82. The van der Waals surface area contributed by atoms with Crippen molar-refractivity contribution in [3.63, 3.8) is 0 Å². The van der Waals surface area contributed by atoms with Gasteiger partial charge in [-0.1, -0.05) is 12.1 Å². The Balaban J connectivity index is 2.57. The van der Waals surface area contributed by atoms with Crippen LogP contribution in [-0.2, 0) is 10.0 Å². The Bertz CT molecular complexity index is 785. The van der Waals surface area contributed by atoms with Crippen molar-refractivity contribution < 1.29 is 17.2 Å². The summed E-state index contributed by atoms with van der Waals surface area (Å²) in [4.78, 5) is -0.176. The van der Waals surface area contributed by atoms with Crippen LogP contribution >= 0.6 is 0 Å². The fourth-order valence-electron chi connectivity index (χ4n) is 1.95. The van der Waals surface area contributed by atoms with Crippen LogP contribution < -0.4 is 10.5 Å². The van der Waals surface area contributed by atoms with Gasteiger partial charge in [0.15, 0.2) is 0 Å². The quantitative estimate of drug-likeness (QED) is 0.856. The minimum absolute atomic E-state index is 0.0161. The van der Waals surface area contributed by atoms with Gasteiger partial charge in [0.2, 0.25) is 0 Å². The van der Waals surface area contributed by atoms with E-state index in [2.05, 4.69) is 0 Å². The molecule has 2 rings (SSSR count). The van der Waals surface area contributed by atoms with E-state index >= 15 is 0 Å². The number of nitrogens with two attached hydrogens (primary N) is 1. The van der Waals surface area contributed by atoms with Gasteiger partial charge in [-0.3, -0.25) is 4.72 Å². The third-order valence-electron chi connectivity index (χ3n) is 3.18. The summed E-state index contributed by atoms with van der Waals surface area (Å²) < 4.78 is 53.8. The van der Waals surface area contributed by atoms with Crippen molar-refractivity contribution >= 4 is 21.4 Å². The molecule has 21 heavy (non-hydrogen) atoms. The molecule has 2 aromatic rings. The molecule has 0 saturated carbocycles. The maximum atomic E-state index is 13.6. The molecule has 0 spiro atoms. The molecular weight excluding hydrogens is 298 g/mol. The first-order chi connectivity index (χ1) is 9.74. The van der Waals surface area contributed by atoms with Crippen LogP contribution in [0.1, 0.15) is 11.1 Å². The standard InChI is InChI=1S/C14H14F2N2O2S/c1-8-6-7-12(17)14(9(8)2)21(19,20)18-13-10(15)4-3-5-11(13)16/h3-7,18H,17H2,1-2H3. The summed E-state index contributed by atoms with van der Waals surface area (Å²) in [5, 5.41) is 0. The number of halogens is 2. The van der Waals surface area contributed by atoms with E-state index in [0.717, 1.165) is 18.2 Å². The predicted octanol–water partition coefficient (Wildman–Crippen LogP) is 2.96. The van der Waals surface area contributed by atoms with Gasteiger partial charge in [0, 0.05) is 0 Å². The number of nitrogen functional groups attached to an aromatic ring is 1. The van der Waals surface area contributed by atoms with Crippen molar-refractivity contribution in [1.29, 1.82) is 0 Å². The van der Waals surface area contributed by atoms with Gasteiger partial charge in [0.1, 0.15) is 22.2 Å². The maximum Gasteiger partial charge on any atom is 0.264 e. The van der Waals surface area contributed by atoms with Crippen molar-refractivity contribution in [2.45, 2.75) is 18.7 Å². The Morgan fingerprint density at radius 1 is 1.05 bits per heavy atom. The van der Waals surface area contributed by atoms with E-state index in [1.807, 2.05) is 4.72 Å². The normalized spacial score (nSPS) is 11.4. The van der Waals surface area contributed by atoms with Gasteiger partial charge in [-0.2, -0.15) is 0 Å². The van der Waals surface area contributed by atoms with Crippen molar-refractivity contribution in [2.24, 2.45) is 0 Å². The zero-order valence-electron chi connectivity index (χ0n) is 11.4. The number of para-hydroxylation sites is 1. The summed E-state index contributed by atoms with van der Waals surface area (Å²) in [5.41, 5.74) is 6.13. The lowest BCUT2D eigenvalue weighted by Crippen LogP contribution is -2.18. The molecule has 0 fully saturated rings. The first-order valence-electron chi connectivity index (χ1n) is 6.06. The fourth-order valence-corrected chi connectivity index (χ4v) is 3.46. The van der Waals surface area contributed by atoms with Crippen LogP contribution in [0.3, 0.4) is 0 Å². The predicted molar refractivity (Wildman–Crippen MR) is 77.5 cm³/mol. The lowest BCUT2D eigenvalue weighted by molar-refractivity contribution is 0.582. The van der Waals surface area contributed by atoms with Crippen molar-refractivity contribution in [1.82, 2.24) is 0 Å². The number of aryl methyl sites for hydroxylation is 1. The van der Waals surface area contributed by atoms with Gasteiger partial charge in [-0.05, 0) is 43.2 Å². The Labute approximate surface area is 121 Å². The SMILES string of the molecule is Cc1ccc(N)c(S(=O)(=O)Nc2c(F)cccc2F)c1C. The highest BCUT2D eigenvalue weighted by Crippen LogP contribution is 2.29. The number of nitrogens with one attached hydrogen (secondary N) is 1. The van der Waals surface area contributed by atoms with E-state index in [0.29, 0.717) is 11.1 Å². The molecule has 0 radical (unpaired) electrons. The van der Waals surface area contributed by atoms with E-state index in [-0.39, 0.29) is 10.6 Å².